The Morgan fingerprint density at radius 2 is 2.17 bits per heavy atom. The molecule has 0 aromatic heterocycles. The third kappa shape index (κ3) is 2.62. The first-order chi connectivity index (χ1) is 8.56. The number of nitro benzene ring substituents is 1. The molecule has 1 aromatic rings. The van der Waals surface area contributed by atoms with Crippen molar-refractivity contribution in [3.63, 3.8) is 0 Å². The highest BCUT2D eigenvalue weighted by Crippen LogP contribution is 2.19. The van der Waals surface area contributed by atoms with Crippen LogP contribution in [0.1, 0.15) is 18.9 Å². The summed E-state index contributed by atoms with van der Waals surface area (Å²) in [7, 11) is 0. The number of non-ortho nitro benzene ring substituents is 1. The van der Waals surface area contributed by atoms with Gasteiger partial charge < -0.3 is 9.57 Å². The molecule has 0 amide bonds. The molecule has 0 radical (unpaired) electrons. The third-order valence-electron chi connectivity index (χ3n) is 2.35. The van der Waals surface area contributed by atoms with Crippen molar-refractivity contribution in [2.75, 3.05) is 0 Å². The molecule has 18 heavy (non-hydrogen) atoms. The number of benzene rings is 1. The number of nitrogens with zero attached hydrogens (tertiary/aromatic N) is 2. The standard InChI is InChI=1S/C11H10N2O5/c1-7(14)17-11-6-10(12-18-11)8-2-4-9(5-3-8)13(15)16/h2-5,11H,6H2,1H3. The zero-order valence-electron chi connectivity index (χ0n) is 9.53. The van der Waals surface area contributed by atoms with Crippen molar-refractivity contribution in [3.05, 3.63) is 39.9 Å². The fourth-order valence-corrected chi connectivity index (χ4v) is 1.55. The molecular formula is C11H10N2O5. The third-order valence-corrected chi connectivity index (χ3v) is 2.35. The zero-order valence-corrected chi connectivity index (χ0v) is 9.53. The molecule has 0 saturated heterocycles. The lowest BCUT2D eigenvalue weighted by molar-refractivity contribution is -0.384. The molecule has 1 atom stereocenters. The fourth-order valence-electron chi connectivity index (χ4n) is 1.55. The maximum absolute atomic E-state index is 10.7. The van der Waals surface area contributed by atoms with E-state index in [1.807, 2.05) is 0 Å². The number of rotatable bonds is 3. The van der Waals surface area contributed by atoms with Crippen LogP contribution in [0.5, 0.6) is 0 Å². The molecule has 1 aromatic carbocycles. The Kier molecular flexibility index (Phi) is 3.22. The van der Waals surface area contributed by atoms with Crippen LogP contribution >= 0.6 is 0 Å². The smallest absolute Gasteiger partial charge is 0.305 e. The Labute approximate surface area is 102 Å². The van der Waals surface area contributed by atoms with Gasteiger partial charge in [-0.25, -0.2) is 0 Å². The summed E-state index contributed by atoms with van der Waals surface area (Å²) in [6.45, 7) is 1.28. The molecule has 94 valence electrons. The van der Waals surface area contributed by atoms with Crippen molar-refractivity contribution in [1.29, 1.82) is 0 Å². The van der Waals surface area contributed by atoms with Crippen molar-refractivity contribution in [2.45, 2.75) is 19.6 Å². The topological polar surface area (TPSA) is 91.0 Å². The van der Waals surface area contributed by atoms with Crippen LogP contribution in [0.15, 0.2) is 29.4 Å². The van der Waals surface area contributed by atoms with Gasteiger partial charge in [0.2, 0.25) is 0 Å². The minimum atomic E-state index is -0.715. The van der Waals surface area contributed by atoms with Gasteiger partial charge in [-0.15, -0.1) is 0 Å². The molecule has 0 spiro atoms. The van der Waals surface area contributed by atoms with Gasteiger partial charge in [-0.2, -0.15) is 0 Å². The normalized spacial score (nSPS) is 17.8. The summed E-state index contributed by atoms with van der Waals surface area (Å²) in [5, 5.41) is 14.3. The van der Waals surface area contributed by atoms with Crippen LogP contribution in [-0.4, -0.2) is 22.9 Å². The predicted octanol–water partition coefficient (Wildman–Crippen LogP) is 1.61. The van der Waals surface area contributed by atoms with Crippen LogP contribution in [-0.2, 0) is 14.4 Å². The second-order valence-electron chi connectivity index (χ2n) is 3.69. The molecule has 0 aliphatic carbocycles. The first-order valence-electron chi connectivity index (χ1n) is 5.21. The lowest BCUT2D eigenvalue weighted by Crippen LogP contribution is -2.16. The molecule has 2 rings (SSSR count). The van der Waals surface area contributed by atoms with Crippen LogP contribution in [0.4, 0.5) is 5.69 Å². The van der Waals surface area contributed by atoms with Crippen molar-refractivity contribution in [3.8, 4) is 0 Å². The number of carbonyl (C=O) groups is 1. The van der Waals surface area contributed by atoms with Crippen molar-refractivity contribution >= 4 is 17.4 Å². The van der Waals surface area contributed by atoms with Gasteiger partial charge in [-0.05, 0) is 12.1 Å². The van der Waals surface area contributed by atoms with Crippen LogP contribution in [0.25, 0.3) is 0 Å². The van der Waals surface area contributed by atoms with Gasteiger partial charge in [-0.1, -0.05) is 5.16 Å². The number of hydrogen-bond donors (Lipinski definition) is 0. The first kappa shape index (κ1) is 12.0. The average molecular weight is 250 g/mol. The second-order valence-corrected chi connectivity index (χ2v) is 3.69. The van der Waals surface area contributed by atoms with Crippen molar-refractivity contribution in [1.82, 2.24) is 0 Å². The quantitative estimate of drug-likeness (QED) is 0.461. The predicted molar refractivity (Wildman–Crippen MR) is 60.9 cm³/mol. The molecule has 1 aliphatic rings. The molecule has 0 N–H and O–H groups in total. The lowest BCUT2D eigenvalue weighted by atomic mass is 10.1. The largest absolute Gasteiger partial charge is 0.423 e. The van der Waals surface area contributed by atoms with E-state index in [0.717, 1.165) is 0 Å². The highest BCUT2D eigenvalue weighted by Gasteiger charge is 2.24. The van der Waals surface area contributed by atoms with Crippen LogP contribution in [0.3, 0.4) is 0 Å². The molecule has 0 fully saturated rings. The zero-order chi connectivity index (χ0) is 13.1. The summed E-state index contributed by atoms with van der Waals surface area (Å²) in [5.41, 5.74) is 1.31. The monoisotopic (exact) mass is 250 g/mol. The van der Waals surface area contributed by atoms with Crippen LogP contribution in [0, 0.1) is 10.1 Å². The van der Waals surface area contributed by atoms with E-state index in [0.29, 0.717) is 17.7 Å². The highest BCUT2D eigenvalue weighted by atomic mass is 16.8. The maximum atomic E-state index is 10.7. The Bertz CT molecular complexity index is 509. The van der Waals surface area contributed by atoms with Gasteiger partial charge in [0, 0.05) is 24.6 Å². The Balaban J connectivity index is 2.05. The molecule has 1 heterocycles. The molecule has 1 unspecified atom stereocenters. The summed E-state index contributed by atoms with van der Waals surface area (Å²) < 4.78 is 4.84. The fraction of sp³-hybridized carbons (Fsp3) is 0.273. The van der Waals surface area contributed by atoms with E-state index < -0.39 is 17.2 Å². The number of ether oxygens (including phenoxy) is 1. The summed E-state index contributed by atoms with van der Waals surface area (Å²) in [6, 6.07) is 5.93. The van der Waals surface area contributed by atoms with Gasteiger partial charge in [0.25, 0.3) is 12.0 Å². The van der Waals surface area contributed by atoms with Crippen LogP contribution < -0.4 is 0 Å². The van der Waals surface area contributed by atoms with E-state index in [2.05, 4.69) is 5.16 Å². The number of hydrogen-bond acceptors (Lipinski definition) is 6. The number of oxime groups is 1. The van der Waals surface area contributed by atoms with Gasteiger partial charge in [-0.3, -0.25) is 14.9 Å². The van der Waals surface area contributed by atoms with E-state index in [1.165, 1.54) is 19.1 Å². The second kappa shape index (κ2) is 4.82. The van der Waals surface area contributed by atoms with Gasteiger partial charge in [0.15, 0.2) is 0 Å². The molecule has 7 nitrogen and oxygen atoms in total. The van der Waals surface area contributed by atoms with Crippen molar-refractivity contribution in [2.24, 2.45) is 5.16 Å². The molecule has 7 heteroatoms. The summed E-state index contributed by atoms with van der Waals surface area (Å²) >= 11 is 0. The molecule has 0 saturated carbocycles. The first-order valence-corrected chi connectivity index (χ1v) is 5.21. The van der Waals surface area contributed by atoms with Gasteiger partial charge in [0.1, 0.15) is 0 Å². The van der Waals surface area contributed by atoms with Crippen molar-refractivity contribution < 1.29 is 19.3 Å². The van der Waals surface area contributed by atoms with E-state index in [9.17, 15) is 14.9 Å². The SMILES string of the molecule is CC(=O)OC1CC(c2ccc([N+](=O)[O-])cc2)=NO1. The van der Waals surface area contributed by atoms with E-state index in [4.69, 9.17) is 9.57 Å². The molecular weight excluding hydrogens is 240 g/mol. The molecule has 0 bridgehead atoms. The average Bonchev–Trinajstić information content (AvgIpc) is 2.76. The van der Waals surface area contributed by atoms with E-state index >= 15 is 0 Å². The van der Waals surface area contributed by atoms with Gasteiger partial charge >= 0.3 is 5.97 Å². The highest BCUT2D eigenvalue weighted by molar-refractivity contribution is 6.01. The van der Waals surface area contributed by atoms with E-state index in [-0.39, 0.29) is 5.69 Å². The minimum absolute atomic E-state index is 0.00908. The molecule has 1 aliphatic heterocycles. The minimum Gasteiger partial charge on any atom is -0.423 e. The van der Waals surface area contributed by atoms with E-state index in [1.54, 1.807) is 12.1 Å². The number of esters is 1. The number of nitro groups is 1. The summed E-state index contributed by atoms with van der Waals surface area (Å²) in [5.74, 6) is -0.444. The Hall–Kier alpha value is -2.44. The Morgan fingerprint density at radius 3 is 2.72 bits per heavy atom. The lowest BCUT2D eigenvalue weighted by Gasteiger charge is -2.06. The van der Waals surface area contributed by atoms with Gasteiger partial charge in [0.05, 0.1) is 17.1 Å². The van der Waals surface area contributed by atoms with Crippen LogP contribution in [0.2, 0.25) is 0 Å². The Morgan fingerprint density at radius 1 is 1.50 bits per heavy atom. The maximum Gasteiger partial charge on any atom is 0.305 e. The summed E-state index contributed by atoms with van der Waals surface area (Å²) in [4.78, 5) is 25.7. The summed E-state index contributed by atoms with van der Waals surface area (Å²) in [6.07, 6.45) is -0.384. The number of carbonyl (C=O) groups excluding carboxylic acids is 1.